The summed E-state index contributed by atoms with van der Waals surface area (Å²) in [6, 6.07) is 11.5. The minimum atomic E-state index is -0.839. The third kappa shape index (κ3) is 4.31. The lowest BCUT2D eigenvalue weighted by Crippen LogP contribution is -2.25. The van der Waals surface area contributed by atoms with Gasteiger partial charge in [0.25, 0.3) is 0 Å². The molecule has 0 aliphatic carbocycles. The molecule has 0 spiro atoms. The van der Waals surface area contributed by atoms with Gasteiger partial charge in [-0.15, -0.1) is 0 Å². The van der Waals surface area contributed by atoms with E-state index in [1.165, 1.54) is 13.0 Å². The maximum absolute atomic E-state index is 13.4. The summed E-state index contributed by atoms with van der Waals surface area (Å²) in [7, 11) is 0. The Morgan fingerprint density at radius 1 is 1.19 bits per heavy atom. The quantitative estimate of drug-likeness (QED) is 0.881. The molecule has 2 atom stereocenters. The van der Waals surface area contributed by atoms with Gasteiger partial charge in [-0.3, -0.25) is 4.79 Å². The summed E-state index contributed by atoms with van der Waals surface area (Å²) in [4.78, 5) is 13.1. The van der Waals surface area contributed by atoms with E-state index < -0.39 is 11.6 Å². The van der Waals surface area contributed by atoms with E-state index in [1.54, 1.807) is 6.07 Å². The third-order valence-electron chi connectivity index (χ3n) is 4.52. The molecule has 2 aromatic rings. The van der Waals surface area contributed by atoms with Gasteiger partial charge >= 0.3 is 0 Å². The molecular weight excluding hydrogens is 338 g/mol. The van der Waals surface area contributed by atoms with E-state index in [9.17, 15) is 13.6 Å². The van der Waals surface area contributed by atoms with Crippen LogP contribution >= 0.6 is 0 Å². The van der Waals surface area contributed by atoms with Crippen LogP contribution in [-0.4, -0.2) is 25.1 Å². The van der Waals surface area contributed by atoms with Gasteiger partial charge in [0.1, 0.15) is 11.9 Å². The van der Waals surface area contributed by atoms with Gasteiger partial charge in [-0.25, -0.2) is 8.78 Å². The van der Waals surface area contributed by atoms with Crippen molar-refractivity contribution in [3.8, 4) is 5.75 Å². The Hall–Kier alpha value is -2.63. The molecule has 1 aliphatic rings. The smallest absolute Gasteiger partial charge is 0.217 e. The van der Waals surface area contributed by atoms with Crippen molar-refractivity contribution in [3.05, 3.63) is 59.7 Å². The summed E-state index contributed by atoms with van der Waals surface area (Å²) in [5.41, 5.74) is 1.66. The number of nitrogens with one attached hydrogen (secondary N) is 1. The lowest BCUT2D eigenvalue weighted by molar-refractivity contribution is -0.119. The summed E-state index contributed by atoms with van der Waals surface area (Å²) in [5.74, 6) is -0.993. The summed E-state index contributed by atoms with van der Waals surface area (Å²) in [5, 5.41) is 2.84. The molecule has 1 N–H and O–H groups in total. The Kier molecular flexibility index (Phi) is 5.40. The second kappa shape index (κ2) is 7.72. The molecule has 1 fully saturated rings. The van der Waals surface area contributed by atoms with Crippen molar-refractivity contribution in [2.24, 2.45) is 0 Å². The Bertz CT molecular complexity index is 780. The van der Waals surface area contributed by atoms with Crippen LogP contribution in [0, 0.1) is 11.6 Å². The lowest BCUT2D eigenvalue weighted by atomic mass is 10.1. The number of amides is 1. The maximum Gasteiger partial charge on any atom is 0.217 e. The molecule has 4 nitrogen and oxygen atoms in total. The predicted molar refractivity (Wildman–Crippen MR) is 96.3 cm³/mol. The van der Waals surface area contributed by atoms with Crippen LogP contribution in [0.5, 0.6) is 5.75 Å². The van der Waals surface area contributed by atoms with Crippen LogP contribution in [0.15, 0.2) is 42.5 Å². The molecule has 26 heavy (non-hydrogen) atoms. The van der Waals surface area contributed by atoms with Crippen LogP contribution in [0.3, 0.4) is 0 Å². The monoisotopic (exact) mass is 360 g/mol. The molecule has 6 heteroatoms. The largest absolute Gasteiger partial charge is 0.489 e. The molecule has 3 rings (SSSR count). The first-order valence-corrected chi connectivity index (χ1v) is 8.66. The van der Waals surface area contributed by atoms with Crippen molar-refractivity contribution < 1.29 is 18.3 Å². The highest BCUT2D eigenvalue weighted by Gasteiger charge is 2.25. The molecule has 2 aromatic carbocycles. The Morgan fingerprint density at radius 3 is 2.58 bits per heavy atom. The molecule has 0 bridgehead atoms. The van der Waals surface area contributed by atoms with E-state index >= 15 is 0 Å². The van der Waals surface area contributed by atoms with Crippen LogP contribution in [0.2, 0.25) is 0 Å². The van der Waals surface area contributed by atoms with E-state index in [0.717, 1.165) is 30.3 Å². The van der Waals surface area contributed by atoms with Crippen molar-refractivity contribution in [1.82, 2.24) is 5.32 Å². The number of carbonyl (C=O) groups is 1. The number of ether oxygens (including phenoxy) is 1. The van der Waals surface area contributed by atoms with Crippen molar-refractivity contribution in [2.75, 3.05) is 18.0 Å². The topological polar surface area (TPSA) is 41.6 Å². The van der Waals surface area contributed by atoms with E-state index in [-0.39, 0.29) is 18.1 Å². The van der Waals surface area contributed by atoms with E-state index in [0.29, 0.717) is 12.2 Å². The van der Waals surface area contributed by atoms with E-state index in [1.807, 2.05) is 36.1 Å². The molecule has 138 valence electrons. The highest BCUT2D eigenvalue weighted by atomic mass is 19.2. The fraction of sp³-hybridized carbons (Fsp3) is 0.350. The Morgan fingerprint density at radius 2 is 1.92 bits per heavy atom. The maximum atomic E-state index is 13.4. The van der Waals surface area contributed by atoms with E-state index in [2.05, 4.69) is 5.32 Å². The fourth-order valence-corrected chi connectivity index (χ4v) is 3.16. The lowest BCUT2D eigenvalue weighted by Gasteiger charge is -2.19. The van der Waals surface area contributed by atoms with Crippen molar-refractivity contribution >= 4 is 11.6 Å². The highest BCUT2D eigenvalue weighted by molar-refractivity contribution is 5.73. The van der Waals surface area contributed by atoms with Gasteiger partial charge in [0.05, 0.1) is 12.6 Å². The Balaban J connectivity index is 1.58. The SMILES string of the molecule is CC(=O)N[C@@H](C)c1ccc(O[C@@H]2CCN(c3ccc(F)c(F)c3)C2)cc1. The summed E-state index contributed by atoms with van der Waals surface area (Å²) >= 11 is 0. The van der Waals surface area contributed by atoms with Gasteiger partial charge in [-0.1, -0.05) is 12.1 Å². The van der Waals surface area contributed by atoms with Gasteiger partial charge in [0.2, 0.25) is 5.91 Å². The number of nitrogens with zero attached hydrogens (tertiary/aromatic N) is 1. The first-order valence-electron chi connectivity index (χ1n) is 8.66. The van der Waals surface area contributed by atoms with Crippen LogP contribution in [-0.2, 0) is 4.79 Å². The fourth-order valence-electron chi connectivity index (χ4n) is 3.16. The number of rotatable bonds is 5. The average Bonchev–Trinajstić information content (AvgIpc) is 3.06. The molecule has 0 radical (unpaired) electrons. The predicted octanol–water partition coefficient (Wildman–Crippen LogP) is 3.82. The Labute approximate surface area is 151 Å². The number of carbonyl (C=O) groups excluding carboxylic acids is 1. The summed E-state index contributed by atoms with van der Waals surface area (Å²) in [6.07, 6.45) is 0.796. The van der Waals surface area contributed by atoms with Gasteiger partial charge < -0.3 is 15.0 Å². The number of hydrogen-bond donors (Lipinski definition) is 1. The van der Waals surface area contributed by atoms with Gasteiger partial charge in [0.15, 0.2) is 11.6 Å². The summed E-state index contributed by atoms with van der Waals surface area (Å²) < 4.78 is 32.5. The molecule has 1 amide bonds. The molecule has 0 unspecified atom stereocenters. The number of halogens is 2. The second-order valence-corrected chi connectivity index (χ2v) is 6.56. The van der Waals surface area contributed by atoms with Crippen LogP contribution in [0.25, 0.3) is 0 Å². The van der Waals surface area contributed by atoms with Crippen molar-refractivity contribution in [1.29, 1.82) is 0 Å². The van der Waals surface area contributed by atoms with Gasteiger partial charge in [-0.2, -0.15) is 0 Å². The number of anilines is 1. The van der Waals surface area contributed by atoms with Crippen molar-refractivity contribution in [2.45, 2.75) is 32.4 Å². The summed E-state index contributed by atoms with van der Waals surface area (Å²) in [6.45, 7) is 4.77. The average molecular weight is 360 g/mol. The number of hydrogen-bond acceptors (Lipinski definition) is 3. The van der Waals surface area contributed by atoms with Gasteiger partial charge in [0, 0.05) is 31.6 Å². The first kappa shape index (κ1) is 18.2. The minimum Gasteiger partial charge on any atom is -0.489 e. The normalized spacial score (nSPS) is 17.8. The first-order chi connectivity index (χ1) is 12.4. The molecular formula is C20H22F2N2O2. The minimum absolute atomic E-state index is 0.0123. The highest BCUT2D eigenvalue weighted by Crippen LogP contribution is 2.26. The zero-order valence-corrected chi connectivity index (χ0v) is 14.8. The van der Waals surface area contributed by atoms with Crippen LogP contribution in [0.4, 0.5) is 14.5 Å². The van der Waals surface area contributed by atoms with Gasteiger partial charge in [-0.05, 0) is 36.8 Å². The number of benzene rings is 2. The third-order valence-corrected chi connectivity index (χ3v) is 4.52. The standard InChI is InChI=1S/C20H22F2N2O2/c1-13(23-14(2)25)15-3-6-17(7-4-15)26-18-9-10-24(12-18)16-5-8-19(21)20(22)11-16/h3-8,11,13,18H,9-10,12H2,1-2H3,(H,23,25)/t13-,18+/m0/s1. The molecule has 0 saturated carbocycles. The van der Waals surface area contributed by atoms with Crippen LogP contribution in [0.1, 0.15) is 31.9 Å². The molecule has 1 aliphatic heterocycles. The second-order valence-electron chi connectivity index (χ2n) is 6.56. The van der Waals surface area contributed by atoms with Crippen molar-refractivity contribution in [3.63, 3.8) is 0 Å². The molecule has 0 aromatic heterocycles. The zero-order valence-electron chi connectivity index (χ0n) is 14.8. The molecule has 1 heterocycles. The molecule has 1 saturated heterocycles. The van der Waals surface area contributed by atoms with Crippen LogP contribution < -0.4 is 15.0 Å². The zero-order chi connectivity index (χ0) is 18.7. The van der Waals surface area contributed by atoms with E-state index in [4.69, 9.17) is 4.74 Å².